The lowest BCUT2D eigenvalue weighted by atomic mass is 10.2. The third kappa shape index (κ3) is 9.72. The molecule has 0 fully saturated rings. The van der Waals surface area contributed by atoms with Crippen molar-refractivity contribution in [2.24, 2.45) is 0 Å². The molecule has 0 atom stereocenters. The van der Waals surface area contributed by atoms with E-state index in [0.29, 0.717) is 12.3 Å². The average Bonchev–Trinajstić information content (AvgIpc) is 2.65. The molecule has 1 aromatic rings. The first-order chi connectivity index (χ1) is 13.5. The van der Waals surface area contributed by atoms with Crippen LogP contribution in [0.5, 0.6) is 0 Å². The quantitative estimate of drug-likeness (QED) is 0.163. The van der Waals surface area contributed by atoms with Crippen LogP contribution in [0.4, 0.5) is 26.3 Å². The molecular formula is C22H34F6P+. The fourth-order valence-electron chi connectivity index (χ4n) is 3.71. The molecule has 0 aliphatic heterocycles. The normalized spacial score (nSPS) is 13.1. The number of rotatable bonds is 13. The van der Waals surface area contributed by atoms with Gasteiger partial charge < -0.3 is 0 Å². The molecule has 0 aliphatic rings. The lowest BCUT2D eigenvalue weighted by molar-refractivity contribution is -0.137. The molecule has 0 nitrogen and oxygen atoms in total. The smallest absolute Gasteiger partial charge is 0.171 e. The second-order valence-electron chi connectivity index (χ2n) is 7.85. The van der Waals surface area contributed by atoms with Crippen LogP contribution in [-0.4, -0.2) is 24.7 Å². The molecule has 7 heteroatoms. The fraction of sp³-hybridized carbons (Fsp3) is 0.727. The van der Waals surface area contributed by atoms with Crippen molar-refractivity contribution in [1.82, 2.24) is 0 Å². The third-order valence-electron chi connectivity index (χ3n) is 5.45. The van der Waals surface area contributed by atoms with Crippen molar-refractivity contribution in [2.75, 3.05) is 18.5 Å². The summed E-state index contributed by atoms with van der Waals surface area (Å²) in [5.41, 5.74) is -0.743. The highest BCUT2D eigenvalue weighted by Gasteiger charge is 2.43. The largest absolute Gasteiger partial charge is 0.416 e. The summed E-state index contributed by atoms with van der Waals surface area (Å²) in [5.74, 6) is 0. The maximum atomic E-state index is 13.1. The summed E-state index contributed by atoms with van der Waals surface area (Å²) in [6.45, 7) is 4.15. The summed E-state index contributed by atoms with van der Waals surface area (Å²) < 4.78 is 78.1. The molecule has 0 saturated carbocycles. The van der Waals surface area contributed by atoms with Gasteiger partial charge in [0.25, 0.3) is 0 Å². The molecular weight excluding hydrogens is 409 g/mol. The summed E-state index contributed by atoms with van der Waals surface area (Å²) in [4.78, 5) is 0. The van der Waals surface area contributed by atoms with Crippen molar-refractivity contribution in [3.05, 3.63) is 29.8 Å². The molecule has 0 N–H and O–H groups in total. The van der Waals surface area contributed by atoms with Gasteiger partial charge in [-0.05, 0) is 49.9 Å². The first kappa shape index (κ1) is 26.3. The predicted molar refractivity (Wildman–Crippen MR) is 112 cm³/mol. The van der Waals surface area contributed by atoms with E-state index in [-0.39, 0.29) is 6.16 Å². The molecule has 0 spiro atoms. The van der Waals surface area contributed by atoms with Crippen molar-refractivity contribution >= 4 is 12.6 Å². The number of unbranched alkanes of at least 4 members (excludes halogenated alkanes) is 6. The van der Waals surface area contributed by atoms with Crippen molar-refractivity contribution < 1.29 is 26.3 Å². The van der Waals surface area contributed by atoms with E-state index in [0.717, 1.165) is 68.8 Å². The average molecular weight is 443 g/mol. The van der Waals surface area contributed by atoms with Crippen LogP contribution in [0.2, 0.25) is 0 Å². The Bertz CT molecular complexity index is 550. The van der Waals surface area contributed by atoms with E-state index in [1.807, 2.05) is 0 Å². The first-order valence-corrected chi connectivity index (χ1v) is 13.0. The summed E-state index contributed by atoms with van der Waals surface area (Å²) in [7, 11) is -2.18. The van der Waals surface area contributed by atoms with Gasteiger partial charge >= 0.3 is 12.4 Å². The van der Waals surface area contributed by atoms with E-state index >= 15 is 0 Å². The standard InChI is InChI=1S/C22H34F6P/c1-3-5-7-9-16-29(17-10-8-6-4-2,18-15-21(23,24)25)20-13-11-19(12-14-20)22(26,27)28/h11-14H,3-10,15-18H2,1-2H3/q+1. The van der Waals surface area contributed by atoms with Crippen LogP contribution in [-0.2, 0) is 6.18 Å². The Morgan fingerprint density at radius 1 is 0.655 bits per heavy atom. The van der Waals surface area contributed by atoms with Crippen LogP contribution in [0.25, 0.3) is 0 Å². The lowest BCUT2D eigenvalue weighted by Crippen LogP contribution is -2.24. The van der Waals surface area contributed by atoms with E-state index in [4.69, 9.17) is 0 Å². The van der Waals surface area contributed by atoms with Gasteiger partial charge in [0, 0.05) is 7.26 Å². The topological polar surface area (TPSA) is 0 Å². The second kappa shape index (κ2) is 12.2. The molecule has 0 unspecified atom stereocenters. The highest BCUT2D eigenvalue weighted by atomic mass is 31.2. The molecule has 0 bridgehead atoms. The minimum Gasteiger partial charge on any atom is -0.171 e. The Labute approximate surface area is 171 Å². The molecule has 168 valence electrons. The van der Waals surface area contributed by atoms with E-state index in [2.05, 4.69) is 13.8 Å². The van der Waals surface area contributed by atoms with Gasteiger partial charge in [0.1, 0.15) is 0 Å². The van der Waals surface area contributed by atoms with Crippen LogP contribution in [0, 0.1) is 0 Å². The van der Waals surface area contributed by atoms with Crippen molar-refractivity contribution in [3.8, 4) is 0 Å². The molecule has 0 heterocycles. The van der Waals surface area contributed by atoms with Crippen molar-refractivity contribution in [1.29, 1.82) is 0 Å². The zero-order chi connectivity index (χ0) is 22.0. The molecule has 0 amide bonds. The zero-order valence-corrected chi connectivity index (χ0v) is 18.4. The highest BCUT2D eigenvalue weighted by Crippen LogP contribution is 2.60. The van der Waals surface area contributed by atoms with E-state index in [1.165, 1.54) is 12.1 Å². The summed E-state index contributed by atoms with van der Waals surface area (Å²) >= 11 is 0. The Balaban J connectivity index is 3.16. The number of alkyl halides is 6. The number of hydrogen-bond donors (Lipinski definition) is 0. The van der Waals surface area contributed by atoms with Gasteiger partial charge in [-0.1, -0.05) is 39.5 Å². The molecule has 1 aromatic carbocycles. The maximum absolute atomic E-state index is 13.1. The van der Waals surface area contributed by atoms with E-state index in [1.54, 1.807) is 0 Å². The summed E-state index contributed by atoms with van der Waals surface area (Å²) in [6, 6.07) is 4.98. The van der Waals surface area contributed by atoms with Crippen molar-refractivity contribution in [2.45, 2.75) is 84.0 Å². The fourth-order valence-corrected chi connectivity index (χ4v) is 8.28. The molecule has 0 aliphatic carbocycles. The molecule has 0 saturated heterocycles. The zero-order valence-electron chi connectivity index (χ0n) is 17.5. The molecule has 29 heavy (non-hydrogen) atoms. The minimum atomic E-state index is -4.44. The number of benzene rings is 1. The minimum absolute atomic E-state index is 0.0418. The van der Waals surface area contributed by atoms with Gasteiger partial charge in [0.2, 0.25) is 0 Å². The van der Waals surface area contributed by atoms with Crippen LogP contribution < -0.4 is 5.30 Å². The Hall–Kier alpha value is -0.770. The first-order valence-electron chi connectivity index (χ1n) is 10.6. The van der Waals surface area contributed by atoms with Crippen LogP contribution >= 0.6 is 7.26 Å². The van der Waals surface area contributed by atoms with Gasteiger partial charge in [-0.3, -0.25) is 0 Å². The van der Waals surface area contributed by atoms with Gasteiger partial charge in [0.15, 0.2) is 0 Å². The number of halogens is 6. The second-order valence-corrected chi connectivity index (χ2v) is 12.0. The maximum Gasteiger partial charge on any atom is 0.416 e. The van der Waals surface area contributed by atoms with E-state index < -0.39 is 31.6 Å². The van der Waals surface area contributed by atoms with E-state index in [9.17, 15) is 26.3 Å². The lowest BCUT2D eigenvalue weighted by Gasteiger charge is -2.29. The van der Waals surface area contributed by atoms with Crippen LogP contribution in [0.1, 0.15) is 77.2 Å². The monoisotopic (exact) mass is 443 g/mol. The predicted octanol–water partition coefficient (Wildman–Crippen LogP) is 8.46. The number of hydrogen-bond acceptors (Lipinski definition) is 0. The van der Waals surface area contributed by atoms with Crippen LogP contribution in [0.15, 0.2) is 24.3 Å². The van der Waals surface area contributed by atoms with Gasteiger partial charge in [-0.25, -0.2) is 0 Å². The van der Waals surface area contributed by atoms with Gasteiger partial charge in [-0.15, -0.1) is 0 Å². The SMILES string of the molecule is CCCCCC[P+](CCCCCC)(CCC(F)(F)F)c1ccc(C(F)(F)F)cc1. The molecule has 0 aromatic heterocycles. The summed E-state index contributed by atoms with van der Waals surface area (Å²) in [6.07, 6.45) is -0.384. The Kier molecular flexibility index (Phi) is 11.0. The van der Waals surface area contributed by atoms with Gasteiger partial charge in [-0.2, -0.15) is 26.3 Å². The Morgan fingerprint density at radius 3 is 1.52 bits per heavy atom. The highest BCUT2D eigenvalue weighted by molar-refractivity contribution is 7.82. The molecule has 0 radical (unpaired) electrons. The van der Waals surface area contributed by atoms with Gasteiger partial charge in [0.05, 0.1) is 35.8 Å². The Morgan fingerprint density at radius 2 is 1.14 bits per heavy atom. The van der Waals surface area contributed by atoms with Crippen molar-refractivity contribution in [3.63, 3.8) is 0 Å². The molecule has 1 rings (SSSR count). The summed E-state index contributed by atoms with van der Waals surface area (Å²) in [5, 5.41) is 0.725. The van der Waals surface area contributed by atoms with Crippen LogP contribution in [0.3, 0.4) is 0 Å². The third-order valence-corrected chi connectivity index (χ3v) is 10.3.